The van der Waals surface area contributed by atoms with Crippen molar-refractivity contribution >= 4 is 0 Å². The number of para-hydroxylation sites is 1. The van der Waals surface area contributed by atoms with Crippen molar-refractivity contribution in [2.24, 2.45) is 5.73 Å². The van der Waals surface area contributed by atoms with Gasteiger partial charge in [-0.2, -0.15) is 0 Å². The normalized spacial score (nSPS) is 26.4. The fraction of sp³-hybridized carbons (Fsp3) is 0.455. The van der Waals surface area contributed by atoms with Gasteiger partial charge in [-0.05, 0) is 19.4 Å². The fourth-order valence-corrected chi connectivity index (χ4v) is 1.86. The summed E-state index contributed by atoms with van der Waals surface area (Å²) in [6.45, 7) is 4.12. The van der Waals surface area contributed by atoms with Gasteiger partial charge in [0.2, 0.25) is 0 Å². The summed E-state index contributed by atoms with van der Waals surface area (Å²) in [5.41, 5.74) is 8.36. The minimum atomic E-state index is 0.138. The molecule has 0 aromatic heterocycles. The molecule has 1 aromatic carbocycles. The molecule has 0 amide bonds. The Labute approximate surface area is 78.7 Å². The van der Waals surface area contributed by atoms with Gasteiger partial charge in [-0.1, -0.05) is 18.2 Å². The molecule has 0 saturated heterocycles. The first kappa shape index (κ1) is 8.57. The molecule has 0 saturated carbocycles. The number of hydrogen-bond acceptors (Lipinski definition) is 2. The van der Waals surface area contributed by atoms with E-state index in [4.69, 9.17) is 10.5 Å². The van der Waals surface area contributed by atoms with Gasteiger partial charge in [0.1, 0.15) is 5.75 Å². The van der Waals surface area contributed by atoms with Gasteiger partial charge in [0, 0.05) is 18.0 Å². The Balaban J connectivity index is 2.49. The van der Waals surface area contributed by atoms with Crippen LogP contribution in [0, 0.1) is 6.92 Å². The summed E-state index contributed by atoms with van der Waals surface area (Å²) in [6.07, 6.45) is 1.15. The van der Waals surface area contributed by atoms with Crippen LogP contribution in [0.4, 0.5) is 0 Å². The molecule has 1 heterocycles. The molecular formula is C11H15NO. The largest absolute Gasteiger partial charge is 0.490 e. The Morgan fingerprint density at radius 1 is 1.46 bits per heavy atom. The Hall–Kier alpha value is -1.02. The van der Waals surface area contributed by atoms with Crippen molar-refractivity contribution in [1.82, 2.24) is 0 Å². The van der Waals surface area contributed by atoms with Crippen LogP contribution >= 0.6 is 0 Å². The van der Waals surface area contributed by atoms with E-state index in [0.29, 0.717) is 0 Å². The number of rotatable bonds is 0. The standard InChI is InChI=1S/C11H15NO/c1-7-4-3-5-9-10(12)6-8(2)13-11(7)9/h3-5,8,10H,6,12H2,1-2H3. The average Bonchev–Trinajstić information content (AvgIpc) is 2.07. The molecule has 2 heteroatoms. The Morgan fingerprint density at radius 2 is 2.23 bits per heavy atom. The topological polar surface area (TPSA) is 35.2 Å². The molecule has 2 unspecified atom stereocenters. The van der Waals surface area contributed by atoms with E-state index in [1.807, 2.05) is 6.07 Å². The van der Waals surface area contributed by atoms with E-state index in [9.17, 15) is 0 Å². The molecule has 2 atom stereocenters. The van der Waals surface area contributed by atoms with Gasteiger partial charge >= 0.3 is 0 Å². The van der Waals surface area contributed by atoms with Crippen LogP contribution in [0.15, 0.2) is 18.2 Å². The molecule has 2 rings (SSSR count). The Bertz CT molecular complexity index is 322. The Kier molecular flexibility index (Phi) is 2.00. The first-order valence-electron chi connectivity index (χ1n) is 4.70. The lowest BCUT2D eigenvalue weighted by atomic mass is 9.96. The molecule has 0 aliphatic carbocycles. The van der Waals surface area contributed by atoms with Gasteiger partial charge in [-0.15, -0.1) is 0 Å². The summed E-state index contributed by atoms with van der Waals surface area (Å²) >= 11 is 0. The SMILES string of the molecule is Cc1cccc2c1OC(C)CC2N. The summed E-state index contributed by atoms with van der Waals surface area (Å²) < 4.78 is 5.75. The molecule has 0 bridgehead atoms. The first-order chi connectivity index (χ1) is 6.18. The third-order valence-corrected chi connectivity index (χ3v) is 2.55. The molecule has 0 radical (unpaired) electrons. The van der Waals surface area contributed by atoms with Crippen LogP contribution < -0.4 is 10.5 Å². The van der Waals surface area contributed by atoms with E-state index in [0.717, 1.165) is 17.7 Å². The van der Waals surface area contributed by atoms with Crippen molar-refractivity contribution in [1.29, 1.82) is 0 Å². The van der Waals surface area contributed by atoms with Crippen molar-refractivity contribution < 1.29 is 4.74 Å². The van der Waals surface area contributed by atoms with Crippen LogP contribution in [0.1, 0.15) is 30.5 Å². The van der Waals surface area contributed by atoms with E-state index in [-0.39, 0.29) is 12.1 Å². The van der Waals surface area contributed by atoms with Gasteiger partial charge in [0.05, 0.1) is 6.10 Å². The summed E-state index contributed by atoms with van der Waals surface area (Å²) in [4.78, 5) is 0. The second-order valence-corrected chi connectivity index (χ2v) is 3.76. The summed E-state index contributed by atoms with van der Waals surface area (Å²) in [7, 11) is 0. The van der Waals surface area contributed by atoms with Crippen LogP contribution in [0.3, 0.4) is 0 Å². The van der Waals surface area contributed by atoms with Crippen molar-refractivity contribution in [3.05, 3.63) is 29.3 Å². The van der Waals surface area contributed by atoms with E-state index in [1.165, 1.54) is 5.56 Å². The van der Waals surface area contributed by atoms with Crippen LogP contribution in [0.2, 0.25) is 0 Å². The monoisotopic (exact) mass is 177 g/mol. The third kappa shape index (κ3) is 1.42. The Morgan fingerprint density at radius 3 is 3.00 bits per heavy atom. The van der Waals surface area contributed by atoms with Gasteiger partial charge in [0.25, 0.3) is 0 Å². The second kappa shape index (κ2) is 3.04. The molecule has 13 heavy (non-hydrogen) atoms. The number of ether oxygens (including phenoxy) is 1. The predicted octanol–water partition coefficient (Wildman–Crippen LogP) is 2.17. The zero-order valence-corrected chi connectivity index (χ0v) is 8.08. The molecule has 1 aromatic rings. The second-order valence-electron chi connectivity index (χ2n) is 3.76. The van der Waals surface area contributed by atoms with E-state index in [2.05, 4.69) is 26.0 Å². The maximum absolute atomic E-state index is 6.03. The van der Waals surface area contributed by atoms with Crippen LogP contribution in [-0.4, -0.2) is 6.10 Å². The molecule has 70 valence electrons. The van der Waals surface area contributed by atoms with E-state index < -0.39 is 0 Å². The van der Waals surface area contributed by atoms with Gasteiger partial charge in [0.15, 0.2) is 0 Å². The lowest BCUT2D eigenvalue weighted by Crippen LogP contribution is -2.27. The summed E-state index contributed by atoms with van der Waals surface area (Å²) in [6, 6.07) is 6.29. The molecule has 1 aliphatic rings. The number of nitrogens with two attached hydrogens (primary N) is 1. The minimum Gasteiger partial charge on any atom is -0.490 e. The number of hydrogen-bond donors (Lipinski definition) is 1. The molecule has 0 spiro atoms. The van der Waals surface area contributed by atoms with E-state index >= 15 is 0 Å². The zero-order valence-electron chi connectivity index (χ0n) is 8.08. The number of benzene rings is 1. The van der Waals surface area contributed by atoms with E-state index in [1.54, 1.807) is 0 Å². The summed E-state index contributed by atoms with van der Waals surface area (Å²) in [5, 5.41) is 0. The van der Waals surface area contributed by atoms with Crippen molar-refractivity contribution in [3.63, 3.8) is 0 Å². The highest BCUT2D eigenvalue weighted by Gasteiger charge is 2.23. The van der Waals surface area contributed by atoms with Crippen molar-refractivity contribution in [2.75, 3.05) is 0 Å². The number of aryl methyl sites for hydroxylation is 1. The quantitative estimate of drug-likeness (QED) is 0.659. The molecular weight excluding hydrogens is 162 g/mol. The van der Waals surface area contributed by atoms with Crippen molar-refractivity contribution in [3.8, 4) is 5.75 Å². The third-order valence-electron chi connectivity index (χ3n) is 2.55. The highest BCUT2D eigenvalue weighted by molar-refractivity contribution is 5.43. The van der Waals surface area contributed by atoms with Crippen molar-refractivity contribution in [2.45, 2.75) is 32.4 Å². The van der Waals surface area contributed by atoms with Gasteiger partial charge in [-0.3, -0.25) is 0 Å². The van der Waals surface area contributed by atoms with Gasteiger partial charge < -0.3 is 10.5 Å². The molecule has 2 N–H and O–H groups in total. The highest BCUT2D eigenvalue weighted by Crippen LogP contribution is 2.35. The highest BCUT2D eigenvalue weighted by atomic mass is 16.5. The summed E-state index contributed by atoms with van der Waals surface area (Å²) in [5.74, 6) is 0.994. The van der Waals surface area contributed by atoms with Crippen LogP contribution in [0.5, 0.6) is 5.75 Å². The average molecular weight is 177 g/mol. The predicted molar refractivity (Wildman–Crippen MR) is 52.8 cm³/mol. The van der Waals surface area contributed by atoms with Crippen LogP contribution in [-0.2, 0) is 0 Å². The van der Waals surface area contributed by atoms with Crippen LogP contribution in [0.25, 0.3) is 0 Å². The molecule has 1 aliphatic heterocycles. The zero-order chi connectivity index (χ0) is 9.42. The van der Waals surface area contributed by atoms with Gasteiger partial charge in [-0.25, -0.2) is 0 Å². The lowest BCUT2D eigenvalue weighted by molar-refractivity contribution is 0.175. The first-order valence-corrected chi connectivity index (χ1v) is 4.70. The smallest absolute Gasteiger partial charge is 0.127 e. The number of fused-ring (bicyclic) bond motifs is 1. The maximum Gasteiger partial charge on any atom is 0.127 e. The minimum absolute atomic E-state index is 0.138. The maximum atomic E-state index is 6.03. The fourth-order valence-electron chi connectivity index (χ4n) is 1.86. The molecule has 0 fully saturated rings. The molecule has 2 nitrogen and oxygen atoms in total. The lowest BCUT2D eigenvalue weighted by Gasteiger charge is -2.29.